The van der Waals surface area contributed by atoms with Crippen molar-refractivity contribution in [2.75, 3.05) is 0 Å². The van der Waals surface area contributed by atoms with Gasteiger partial charge in [0.2, 0.25) is 0 Å². The van der Waals surface area contributed by atoms with Crippen molar-refractivity contribution in [1.82, 2.24) is 0 Å². The molecule has 0 saturated heterocycles. The Morgan fingerprint density at radius 3 is 1.07 bits per heavy atom. The highest BCUT2D eigenvalue weighted by Gasteiger charge is 2.36. The fourth-order valence-electron chi connectivity index (χ4n) is 10.8. The number of thiophene rings is 2. The molecule has 2 heterocycles. The maximum atomic E-state index is 2.78. The highest BCUT2D eigenvalue weighted by molar-refractivity contribution is 7.28. The first-order valence-corrected chi connectivity index (χ1v) is 27.9. The highest BCUT2D eigenvalue weighted by atomic mass is 32.1. The Kier molecular flexibility index (Phi) is 8.79. The molecule has 0 nitrogen and oxygen atoms in total. The minimum atomic E-state index is -1.86. The van der Waals surface area contributed by atoms with Crippen molar-refractivity contribution >= 4 is 122 Å². The normalized spacial score (nSPS) is 12.9. The Labute approximate surface area is 341 Å². The van der Waals surface area contributed by atoms with Gasteiger partial charge in [-0.05, 0) is 55.9 Å². The van der Waals surface area contributed by atoms with Crippen LogP contribution < -0.4 is 10.4 Å². The average molecular weight is 795 g/mol. The second kappa shape index (κ2) is 13.7. The van der Waals surface area contributed by atoms with Gasteiger partial charge in [0, 0.05) is 51.1 Å². The smallest absolute Gasteiger partial charge is 0.0867 e. The van der Waals surface area contributed by atoms with Crippen LogP contribution in [0.5, 0.6) is 0 Å². The summed E-state index contributed by atoms with van der Waals surface area (Å²) < 4.78 is 5.79. The van der Waals surface area contributed by atoms with Gasteiger partial charge in [-0.3, -0.25) is 0 Å². The molecule has 56 heavy (non-hydrogen) atoms. The summed E-state index contributed by atoms with van der Waals surface area (Å²) in [5.41, 5.74) is 5.31. The summed E-state index contributed by atoms with van der Waals surface area (Å²) in [6, 6.07) is 54.7. The lowest BCUT2D eigenvalue weighted by Crippen LogP contribution is -2.47. The Morgan fingerprint density at radius 1 is 0.339 bits per heavy atom. The first-order valence-electron chi connectivity index (χ1n) is 21.0. The third-order valence-corrected chi connectivity index (χ3v) is 28.2. The van der Waals surface area contributed by atoms with Crippen LogP contribution in [0.4, 0.5) is 0 Å². The molecule has 0 amide bonds. The van der Waals surface area contributed by atoms with Crippen LogP contribution in [0.15, 0.2) is 121 Å². The lowest BCUT2D eigenvalue weighted by molar-refractivity contribution is 1.20. The third-order valence-electron chi connectivity index (χ3n) is 14.4. The summed E-state index contributed by atoms with van der Waals surface area (Å²) in [5, 5.41) is 18.3. The predicted molar refractivity (Wildman–Crippen MR) is 260 cm³/mol. The van der Waals surface area contributed by atoms with Crippen LogP contribution in [0, 0.1) is 0 Å². The first-order chi connectivity index (χ1) is 27.4. The van der Waals surface area contributed by atoms with E-state index in [0.29, 0.717) is 0 Å². The van der Waals surface area contributed by atoms with Crippen LogP contribution >= 0.6 is 22.7 Å². The largest absolute Gasteiger partial charge is 0.134 e. The zero-order chi connectivity index (χ0) is 38.3. The van der Waals surface area contributed by atoms with Gasteiger partial charge in [-0.25, -0.2) is 0 Å². The van der Waals surface area contributed by atoms with Crippen LogP contribution in [0.1, 0.15) is 41.5 Å². The second-order valence-electron chi connectivity index (χ2n) is 16.3. The lowest BCUT2D eigenvalue weighted by atomic mass is 9.91. The van der Waals surface area contributed by atoms with E-state index < -0.39 is 16.1 Å². The molecule has 4 heteroatoms. The number of rotatable bonds is 10. The van der Waals surface area contributed by atoms with E-state index in [0.717, 1.165) is 0 Å². The van der Waals surface area contributed by atoms with Crippen molar-refractivity contribution in [2.24, 2.45) is 0 Å². The Morgan fingerprint density at radius 2 is 0.714 bits per heavy atom. The minimum Gasteiger partial charge on any atom is -0.134 e. The Hall–Kier alpha value is -4.33. The van der Waals surface area contributed by atoms with Crippen molar-refractivity contribution in [2.45, 2.75) is 77.8 Å². The summed E-state index contributed by atoms with van der Waals surface area (Å²) in [4.78, 5) is 0. The Balaban J connectivity index is 1.47. The van der Waals surface area contributed by atoms with Crippen LogP contribution in [0.2, 0.25) is 36.3 Å². The molecule has 0 atom stereocenters. The fourth-order valence-corrected chi connectivity index (χ4v) is 21.2. The van der Waals surface area contributed by atoms with E-state index in [1.165, 1.54) is 120 Å². The standard InChI is InChI=1S/C52H50S2Si2/c1-7-55(8-2,9-3)45-31-43-48-42(30-40-38-28-20-26-36(50(38)53-51(40)43)34-23-17-14-18-24-34)46(56(10-4,11-5)12-6)32-44-47(48)41(45)29-39-37-27-19-25-35(49(37)54-52(39)44)33-21-15-13-16-22-33/h13-32H,7-12H2,1-6H3. The van der Waals surface area contributed by atoms with Gasteiger partial charge < -0.3 is 0 Å². The molecule has 278 valence electrons. The molecule has 0 bridgehead atoms. The van der Waals surface area contributed by atoms with Crippen molar-refractivity contribution in [1.29, 1.82) is 0 Å². The molecular formula is C52H50S2Si2. The zero-order valence-corrected chi connectivity index (χ0v) is 37.2. The van der Waals surface area contributed by atoms with E-state index in [9.17, 15) is 0 Å². The van der Waals surface area contributed by atoms with Gasteiger partial charge in [0.05, 0.1) is 16.1 Å². The van der Waals surface area contributed by atoms with E-state index in [1.807, 2.05) is 22.7 Å². The van der Waals surface area contributed by atoms with Gasteiger partial charge in [0.15, 0.2) is 0 Å². The summed E-state index contributed by atoms with van der Waals surface area (Å²) in [6.07, 6.45) is 0. The van der Waals surface area contributed by atoms with Crippen LogP contribution in [0.3, 0.4) is 0 Å². The number of fused-ring (bicyclic) bond motifs is 8. The van der Waals surface area contributed by atoms with Gasteiger partial charge in [0.25, 0.3) is 0 Å². The summed E-state index contributed by atoms with van der Waals surface area (Å²) in [7, 11) is -3.72. The molecule has 0 unspecified atom stereocenters. The van der Waals surface area contributed by atoms with Crippen molar-refractivity contribution in [3.05, 3.63) is 121 Å². The van der Waals surface area contributed by atoms with E-state index >= 15 is 0 Å². The van der Waals surface area contributed by atoms with Gasteiger partial charge in [0.1, 0.15) is 0 Å². The van der Waals surface area contributed by atoms with Crippen molar-refractivity contribution in [3.8, 4) is 22.3 Å². The predicted octanol–water partition coefficient (Wildman–Crippen LogP) is 16.1. The number of hydrogen-bond acceptors (Lipinski definition) is 2. The summed E-state index contributed by atoms with van der Waals surface area (Å²) >= 11 is 4.09. The Bertz CT molecular complexity index is 2860. The van der Waals surface area contributed by atoms with Crippen molar-refractivity contribution < 1.29 is 0 Å². The van der Waals surface area contributed by atoms with Crippen LogP contribution in [-0.2, 0) is 0 Å². The van der Waals surface area contributed by atoms with E-state index in [1.54, 1.807) is 21.1 Å². The molecule has 10 aromatic rings. The average Bonchev–Trinajstić information content (AvgIpc) is 3.84. The molecule has 0 aliphatic carbocycles. The zero-order valence-electron chi connectivity index (χ0n) is 33.6. The molecule has 0 spiro atoms. The molecule has 2 aromatic heterocycles. The molecule has 0 aliphatic heterocycles. The van der Waals surface area contributed by atoms with Crippen LogP contribution in [-0.4, -0.2) is 16.1 Å². The SMILES string of the molecule is CC[Si](CC)(CC)c1cc2c3sc4c(-c5ccccc5)cccc4c3cc3c([Si](CC)(CC)CC)cc4c5sc6c(-c7ccccc7)cccc6c5cc1c4c32. The lowest BCUT2D eigenvalue weighted by Gasteiger charge is -2.34. The van der Waals surface area contributed by atoms with E-state index in [4.69, 9.17) is 0 Å². The van der Waals surface area contributed by atoms with Crippen LogP contribution in [0.25, 0.3) is 94.9 Å². The molecule has 0 aliphatic rings. The van der Waals surface area contributed by atoms with Crippen molar-refractivity contribution in [3.63, 3.8) is 0 Å². The first kappa shape index (κ1) is 36.0. The third kappa shape index (κ3) is 4.98. The summed E-state index contributed by atoms with van der Waals surface area (Å²) in [6.45, 7) is 15.0. The maximum Gasteiger partial charge on any atom is 0.0867 e. The van der Waals surface area contributed by atoms with E-state index in [2.05, 4.69) is 163 Å². The number of hydrogen-bond donors (Lipinski definition) is 0. The quantitative estimate of drug-likeness (QED) is 0.0955. The molecule has 0 saturated carbocycles. The van der Waals surface area contributed by atoms with E-state index in [-0.39, 0.29) is 0 Å². The topological polar surface area (TPSA) is 0 Å². The highest BCUT2D eigenvalue weighted by Crippen LogP contribution is 2.51. The fraction of sp³-hybridized carbons (Fsp3) is 0.231. The molecule has 0 fully saturated rings. The maximum absolute atomic E-state index is 2.78. The monoisotopic (exact) mass is 794 g/mol. The molecule has 10 rings (SSSR count). The molecular weight excluding hydrogens is 745 g/mol. The molecule has 0 N–H and O–H groups in total. The van der Waals surface area contributed by atoms with Gasteiger partial charge in [-0.1, -0.05) is 197 Å². The second-order valence-corrected chi connectivity index (χ2v) is 28.8. The number of benzene rings is 8. The molecule has 8 aromatic carbocycles. The van der Waals surface area contributed by atoms with Gasteiger partial charge in [-0.2, -0.15) is 0 Å². The molecule has 0 radical (unpaired) electrons. The van der Waals surface area contributed by atoms with Gasteiger partial charge in [-0.15, -0.1) is 22.7 Å². The minimum absolute atomic E-state index is 1.27. The summed E-state index contributed by atoms with van der Waals surface area (Å²) in [5.74, 6) is 0. The van der Waals surface area contributed by atoms with Gasteiger partial charge >= 0.3 is 0 Å².